The molecule has 1 fully saturated rings. The summed E-state index contributed by atoms with van der Waals surface area (Å²) in [6, 6.07) is 6.80. The molecule has 1 heterocycles. The third kappa shape index (κ3) is 1.76. The molecule has 90 valence electrons. The van der Waals surface area contributed by atoms with Crippen molar-refractivity contribution in [3.05, 3.63) is 29.5 Å². The van der Waals surface area contributed by atoms with E-state index in [-0.39, 0.29) is 5.41 Å². The van der Waals surface area contributed by atoms with Crippen LogP contribution in [0.3, 0.4) is 0 Å². The zero-order valence-corrected chi connectivity index (χ0v) is 11.1. The van der Waals surface area contributed by atoms with Gasteiger partial charge in [-0.05, 0) is 36.0 Å². The molecule has 1 aliphatic carbocycles. The fraction of sp³-hybridized carbons (Fsp3) is 0.533. The van der Waals surface area contributed by atoms with Crippen molar-refractivity contribution in [2.75, 3.05) is 0 Å². The average Bonchev–Trinajstić information content (AvgIpc) is 3.03. The molecule has 3 rings (SSSR count). The second-order valence-corrected chi connectivity index (χ2v) is 6.27. The van der Waals surface area contributed by atoms with Crippen molar-refractivity contribution in [1.82, 2.24) is 9.78 Å². The first-order valence-electron chi connectivity index (χ1n) is 6.44. The van der Waals surface area contributed by atoms with Gasteiger partial charge in [-0.1, -0.05) is 26.8 Å². The van der Waals surface area contributed by atoms with E-state index in [1.54, 1.807) is 0 Å². The first-order valence-corrected chi connectivity index (χ1v) is 6.44. The third-order valence-corrected chi connectivity index (χ3v) is 3.71. The van der Waals surface area contributed by atoms with Crippen LogP contribution in [0.5, 0.6) is 0 Å². The summed E-state index contributed by atoms with van der Waals surface area (Å²) in [5.41, 5.74) is 4.19. The van der Waals surface area contributed by atoms with Crippen molar-refractivity contribution in [1.29, 1.82) is 0 Å². The van der Waals surface area contributed by atoms with Gasteiger partial charge in [-0.25, -0.2) is 0 Å². The van der Waals surface area contributed by atoms with Crippen molar-refractivity contribution in [3.63, 3.8) is 0 Å². The number of hydrogen-bond acceptors (Lipinski definition) is 1. The minimum atomic E-state index is 0.213. The van der Waals surface area contributed by atoms with E-state index >= 15 is 0 Å². The van der Waals surface area contributed by atoms with Crippen LogP contribution in [-0.4, -0.2) is 9.78 Å². The normalized spacial score (nSPS) is 16.7. The number of benzene rings is 1. The molecule has 0 N–H and O–H groups in total. The zero-order chi connectivity index (χ0) is 12.2. The SMILES string of the molecule is Cn1nc(C2CC2)c2cc(C(C)(C)C)ccc21. The molecule has 1 aromatic carbocycles. The van der Waals surface area contributed by atoms with Crippen LogP contribution in [0.4, 0.5) is 0 Å². The van der Waals surface area contributed by atoms with E-state index in [4.69, 9.17) is 5.10 Å². The van der Waals surface area contributed by atoms with Crippen LogP contribution in [0.1, 0.15) is 50.8 Å². The van der Waals surface area contributed by atoms with Gasteiger partial charge in [0.15, 0.2) is 0 Å². The second-order valence-electron chi connectivity index (χ2n) is 6.27. The monoisotopic (exact) mass is 228 g/mol. The Morgan fingerprint density at radius 2 is 1.94 bits per heavy atom. The Morgan fingerprint density at radius 1 is 1.24 bits per heavy atom. The fourth-order valence-electron chi connectivity index (χ4n) is 2.42. The van der Waals surface area contributed by atoms with Crippen LogP contribution in [-0.2, 0) is 12.5 Å². The van der Waals surface area contributed by atoms with Crippen LogP contribution >= 0.6 is 0 Å². The lowest BCUT2D eigenvalue weighted by molar-refractivity contribution is 0.591. The number of nitrogens with zero attached hydrogens (tertiary/aromatic N) is 2. The minimum Gasteiger partial charge on any atom is -0.268 e. The van der Waals surface area contributed by atoms with E-state index in [0.717, 1.165) is 0 Å². The summed E-state index contributed by atoms with van der Waals surface area (Å²) in [7, 11) is 2.05. The van der Waals surface area contributed by atoms with Gasteiger partial charge in [-0.3, -0.25) is 4.68 Å². The number of fused-ring (bicyclic) bond motifs is 1. The molecule has 0 radical (unpaired) electrons. The lowest BCUT2D eigenvalue weighted by Gasteiger charge is -2.19. The molecule has 2 aromatic rings. The van der Waals surface area contributed by atoms with Crippen molar-refractivity contribution in [2.24, 2.45) is 7.05 Å². The van der Waals surface area contributed by atoms with Crippen molar-refractivity contribution >= 4 is 10.9 Å². The molecular formula is C15H20N2. The molecule has 0 spiro atoms. The maximum Gasteiger partial charge on any atom is 0.0734 e. The Balaban J connectivity index is 2.23. The number of aromatic nitrogens is 2. The Morgan fingerprint density at radius 3 is 2.53 bits per heavy atom. The molecule has 0 aliphatic heterocycles. The summed E-state index contributed by atoms with van der Waals surface area (Å²) in [4.78, 5) is 0. The molecule has 1 aromatic heterocycles. The average molecular weight is 228 g/mol. The summed E-state index contributed by atoms with van der Waals surface area (Å²) in [5.74, 6) is 0.717. The van der Waals surface area contributed by atoms with E-state index in [1.807, 2.05) is 11.7 Å². The zero-order valence-electron chi connectivity index (χ0n) is 11.1. The molecule has 2 nitrogen and oxygen atoms in total. The van der Waals surface area contributed by atoms with E-state index in [1.165, 1.54) is 35.0 Å². The maximum atomic E-state index is 4.69. The quantitative estimate of drug-likeness (QED) is 0.727. The molecule has 2 heteroatoms. The van der Waals surface area contributed by atoms with Gasteiger partial charge >= 0.3 is 0 Å². The first-order chi connectivity index (χ1) is 7.97. The van der Waals surface area contributed by atoms with Gasteiger partial charge in [-0.15, -0.1) is 0 Å². The lowest BCUT2D eigenvalue weighted by Crippen LogP contribution is -2.10. The highest BCUT2D eigenvalue weighted by molar-refractivity contribution is 5.83. The van der Waals surface area contributed by atoms with Gasteiger partial charge in [0, 0.05) is 18.4 Å². The first kappa shape index (κ1) is 10.8. The van der Waals surface area contributed by atoms with Gasteiger partial charge in [0.05, 0.1) is 11.2 Å². The van der Waals surface area contributed by atoms with Crippen LogP contribution in [0.25, 0.3) is 10.9 Å². The van der Waals surface area contributed by atoms with Gasteiger partial charge in [0.25, 0.3) is 0 Å². The Kier molecular flexibility index (Phi) is 2.13. The molecule has 1 saturated carbocycles. The van der Waals surface area contributed by atoms with Crippen LogP contribution in [0.15, 0.2) is 18.2 Å². The fourth-order valence-corrected chi connectivity index (χ4v) is 2.42. The molecule has 0 saturated heterocycles. The smallest absolute Gasteiger partial charge is 0.0734 e. The summed E-state index contributed by atoms with van der Waals surface area (Å²) in [6.45, 7) is 6.80. The molecule has 0 amide bonds. The van der Waals surface area contributed by atoms with Crippen LogP contribution in [0, 0.1) is 0 Å². The predicted octanol–water partition coefficient (Wildman–Crippen LogP) is 3.75. The van der Waals surface area contributed by atoms with Crippen molar-refractivity contribution in [3.8, 4) is 0 Å². The lowest BCUT2D eigenvalue weighted by atomic mass is 9.86. The molecule has 1 aliphatic rings. The van der Waals surface area contributed by atoms with Crippen molar-refractivity contribution < 1.29 is 0 Å². The Labute approximate surface area is 103 Å². The maximum absolute atomic E-state index is 4.69. The summed E-state index contributed by atoms with van der Waals surface area (Å²) in [6.07, 6.45) is 2.62. The topological polar surface area (TPSA) is 17.8 Å². The Bertz CT molecular complexity index is 568. The van der Waals surface area contributed by atoms with E-state index in [2.05, 4.69) is 39.0 Å². The van der Waals surface area contributed by atoms with E-state index < -0.39 is 0 Å². The minimum absolute atomic E-state index is 0.213. The molecule has 0 unspecified atom stereocenters. The summed E-state index contributed by atoms with van der Waals surface area (Å²) >= 11 is 0. The van der Waals surface area contributed by atoms with E-state index in [9.17, 15) is 0 Å². The van der Waals surface area contributed by atoms with Gasteiger partial charge in [-0.2, -0.15) is 5.10 Å². The van der Waals surface area contributed by atoms with Crippen LogP contribution < -0.4 is 0 Å². The molecular weight excluding hydrogens is 208 g/mol. The highest BCUT2D eigenvalue weighted by Gasteiger charge is 2.29. The molecule has 17 heavy (non-hydrogen) atoms. The number of rotatable bonds is 1. The highest BCUT2D eigenvalue weighted by Crippen LogP contribution is 2.42. The third-order valence-electron chi connectivity index (χ3n) is 3.71. The molecule has 0 bridgehead atoms. The largest absolute Gasteiger partial charge is 0.268 e. The highest BCUT2D eigenvalue weighted by atomic mass is 15.3. The van der Waals surface area contributed by atoms with E-state index in [0.29, 0.717) is 5.92 Å². The van der Waals surface area contributed by atoms with Gasteiger partial charge < -0.3 is 0 Å². The standard InChI is InChI=1S/C15H20N2/c1-15(2,3)11-7-8-13-12(9-11)14(10-5-6-10)16-17(13)4/h7-10H,5-6H2,1-4H3. The molecule has 0 atom stereocenters. The number of aryl methyl sites for hydroxylation is 1. The summed E-state index contributed by atoms with van der Waals surface area (Å²) in [5, 5.41) is 6.05. The van der Waals surface area contributed by atoms with Gasteiger partial charge in [0.2, 0.25) is 0 Å². The van der Waals surface area contributed by atoms with Gasteiger partial charge in [0.1, 0.15) is 0 Å². The van der Waals surface area contributed by atoms with Crippen LogP contribution in [0.2, 0.25) is 0 Å². The number of hydrogen-bond donors (Lipinski definition) is 0. The second kappa shape index (κ2) is 3.34. The van der Waals surface area contributed by atoms with Crippen molar-refractivity contribution in [2.45, 2.75) is 44.9 Å². The Hall–Kier alpha value is -1.31. The predicted molar refractivity (Wildman–Crippen MR) is 71.4 cm³/mol. The summed E-state index contributed by atoms with van der Waals surface area (Å²) < 4.78 is 2.02.